The maximum Gasteiger partial charge on any atom is 0.274 e. The van der Waals surface area contributed by atoms with Crippen molar-refractivity contribution in [3.63, 3.8) is 0 Å². The highest BCUT2D eigenvalue weighted by atomic mass is 35.5. The number of carbonyl (C=O) groups is 1. The second-order valence-corrected chi connectivity index (χ2v) is 14.3. The summed E-state index contributed by atoms with van der Waals surface area (Å²) in [7, 11) is -1.69. The monoisotopic (exact) mass is 661 g/mol. The number of nitrogens with one attached hydrogen (secondary N) is 1. The second kappa shape index (κ2) is 14.1. The van der Waals surface area contributed by atoms with E-state index in [0.29, 0.717) is 51.3 Å². The molecule has 4 heterocycles. The van der Waals surface area contributed by atoms with Gasteiger partial charge in [-0.25, -0.2) is 22.2 Å². The Morgan fingerprint density at radius 2 is 1.91 bits per heavy atom. The van der Waals surface area contributed by atoms with E-state index in [4.69, 9.17) is 11.6 Å². The van der Waals surface area contributed by atoms with Crippen LogP contribution in [0, 0.1) is 24.5 Å². The summed E-state index contributed by atoms with van der Waals surface area (Å²) in [5.41, 5.74) is 4.15. The zero-order chi connectivity index (χ0) is 33.1. The van der Waals surface area contributed by atoms with Gasteiger partial charge >= 0.3 is 0 Å². The van der Waals surface area contributed by atoms with E-state index < -0.39 is 21.5 Å². The van der Waals surface area contributed by atoms with Crippen molar-refractivity contribution in [2.45, 2.75) is 45.9 Å². The van der Waals surface area contributed by atoms with E-state index in [9.17, 15) is 26.8 Å². The van der Waals surface area contributed by atoms with Crippen LogP contribution in [0.3, 0.4) is 0 Å². The number of pyridine rings is 2. The highest BCUT2D eigenvalue weighted by molar-refractivity contribution is 7.89. The number of anilines is 2. The maximum absolute atomic E-state index is 14.9. The summed E-state index contributed by atoms with van der Waals surface area (Å²) < 4.78 is 54.0. The average Bonchev–Trinajstić information content (AvgIpc) is 3.33. The smallest absolute Gasteiger partial charge is 0.274 e. The normalized spacial score (nSPS) is 12.5. The number of H-pyrrole nitrogens is 1. The Hall–Kier alpha value is -3.77. The molecule has 0 radical (unpaired) electrons. The number of fused-ring (bicyclic) bond motifs is 2. The Bertz CT molecular complexity index is 1870. The number of sulfone groups is 1. The highest BCUT2D eigenvalue weighted by Crippen LogP contribution is 2.44. The van der Waals surface area contributed by atoms with Crippen molar-refractivity contribution in [2.75, 3.05) is 30.1 Å². The molecule has 1 N–H and O–H groups in total. The summed E-state index contributed by atoms with van der Waals surface area (Å²) in [6.07, 6.45) is 8.63. The molecule has 1 amide bonds. The molecule has 0 saturated carbocycles. The quantitative estimate of drug-likeness (QED) is 0.169. The number of benzene rings is 1. The molecule has 45 heavy (non-hydrogen) atoms. The molecule has 3 aromatic heterocycles. The predicted molar refractivity (Wildman–Crippen MR) is 175 cm³/mol. The lowest BCUT2D eigenvalue weighted by molar-refractivity contribution is -0.118. The first-order chi connectivity index (χ1) is 21.2. The topological polar surface area (TPSA) is 108 Å². The van der Waals surface area contributed by atoms with Crippen LogP contribution < -0.4 is 10.5 Å². The molecule has 0 saturated heterocycles. The van der Waals surface area contributed by atoms with Gasteiger partial charge in [0.25, 0.3) is 5.56 Å². The lowest BCUT2D eigenvalue weighted by atomic mass is 9.97. The Morgan fingerprint density at radius 1 is 1.18 bits per heavy atom. The molecule has 0 fully saturated rings. The van der Waals surface area contributed by atoms with Gasteiger partial charge in [0.1, 0.15) is 11.3 Å². The van der Waals surface area contributed by atoms with E-state index in [1.165, 1.54) is 11.0 Å². The number of hydrogen-bond acceptors (Lipinski definition) is 6. The Morgan fingerprint density at radius 3 is 2.53 bits per heavy atom. The van der Waals surface area contributed by atoms with Crippen LogP contribution in [0.25, 0.3) is 22.0 Å². The number of carbonyl (C=O) groups excluding carboxylic acids is 1. The van der Waals surface area contributed by atoms with E-state index in [0.717, 1.165) is 49.4 Å². The van der Waals surface area contributed by atoms with Crippen molar-refractivity contribution in [3.05, 3.63) is 75.5 Å². The van der Waals surface area contributed by atoms with E-state index >= 15 is 0 Å². The van der Waals surface area contributed by atoms with Crippen LogP contribution in [-0.4, -0.2) is 59.5 Å². The highest BCUT2D eigenvalue weighted by Gasteiger charge is 2.28. The van der Waals surface area contributed by atoms with E-state index in [-0.39, 0.29) is 23.7 Å². The third-order valence-corrected chi connectivity index (χ3v) is 8.67. The Labute approximate surface area is 266 Å². The van der Waals surface area contributed by atoms with Crippen molar-refractivity contribution in [3.8, 4) is 11.1 Å². The lowest BCUT2D eigenvalue weighted by Gasteiger charge is -2.26. The summed E-state index contributed by atoms with van der Waals surface area (Å²) in [4.78, 5) is 33.5. The summed E-state index contributed by atoms with van der Waals surface area (Å²) in [5, 5.41) is 0.679. The number of alkyl halides is 1. The zero-order valence-corrected chi connectivity index (χ0v) is 27.6. The minimum Gasteiger partial charge on any atom is -0.356 e. The molecular weight excluding hydrogens is 624 g/mol. The van der Waals surface area contributed by atoms with Gasteiger partial charge in [-0.05, 0) is 54.5 Å². The van der Waals surface area contributed by atoms with E-state index in [1.807, 2.05) is 0 Å². The van der Waals surface area contributed by atoms with Crippen molar-refractivity contribution in [2.24, 2.45) is 13.0 Å². The molecule has 0 atom stereocenters. The number of nitrogens with zero attached hydrogens (tertiary/aromatic N) is 4. The van der Waals surface area contributed by atoms with Crippen molar-refractivity contribution >= 4 is 50.3 Å². The molecular formula is C32H38ClF2N5O4S. The van der Waals surface area contributed by atoms with Crippen LogP contribution in [0.4, 0.5) is 20.3 Å². The van der Waals surface area contributed by atoms with Crippen molar-refractivity contribution in [1.82, 2.24) is 19.4 Å². The van der Waals surface area contributed by atoms with Crippen LogP contribution in [0.1, 0.15) is 43.4 Å². The third-order valence-electron chi connectivity index (χ3n) is 7.66. The van der Waals surface area contributed by atoms with Crippen LogP contribution >= 0.6 is 11.6 Å². The van der Waals surface area contributed by atoms with Gasteiger partial charge in [0.15, 0.2) is 21.5 Å². The molecule has 0 spiro atoms. The summed E-state index contributed by atoms with van der Waals surface area (Å²) in [6.45, 7) is 7.85. The molecule has 0 bridgehead atoms. The fraction of sp³-hybridized carbons (Fsp3) is 0.406. The number of hydrogen-bond donors (Lipinski definition) is 1. The molecule has 0 unspecified atom stereocenters. The molecule has 5 rings (SSSR count). The SMILES string of the molecule is CC(C)CCCN(C=O)CCCl.Cc1cc2c(cc1CS(C)(=O)=O)-c1cn(C)c(=O)c3[nH]cc(c13)CN2c1ncc(F)cc1F. The molecule has 9 nitrogen and oxygen atoms in total. The molecule has 0 aliphatic carbocycles. The first-order valence-electron chi connectivity index (χ1n) is 14.6. The third kappa shape index (κ3) is 7.91. The maximum atomic E-state index is 14.9. The van der Waals surface area contributed by atoms with E-state index in [2.05, 4.69) is 23.8 Å². The minimum absolute atomic E-state index is 0.0678. The van der Waals surface area contributed by atoms with Gasteiger partial charge in [0.05, 0.1) is 24.2 Å². The molecule has 13 heteroatoms. The van der Waals surface area contributed by atoms with Crippen LogP contribution in [0.2, 0.25) is 0 Å². The van der Waals surface area contributed by atoms with Crippen LogP contribution in [0.5, 0.6) is 0 Å². The van der Waals surface area contributed by atoms with Gasteiger partial charge in [-0.15, -0.1) is 11.6 Å². The van der Waals surface area contributed by atoms with Gasteiger partial charge in [-0.2, -0.15) is 0 Å². The molecule has 1 aliphatic rings. The Kier molecular flexibility index (Phi) is 10.7. The summed E-state index contributed by atoms with van der Waals surface area (Å²) >= 11 is 5.52. The van der Waals surface area contributed by atoms with Crippen LogP contribution in [0.15, 0.2) is 41.6 Å². The van der Waals surface area contributed by atoms with Crippen molar-refractivity contribution in [1.29, 1.82) is 0 Å². The van der Waals surface area contributed by atoms with Gasteiger partial charge in [0, 0.05) is 67.2 Å². The summed E-state index contributed by atoms with van der Waals surface area (Å²) in [6, 6.07) is 4.32. The fourth-order valence-corrected chi connectivity index (χ4v) is 6.55. The van der Waals surface area contributed by atoms with Crippen molar-refractivity contribution < 1.29 is 22.0 Å². The number of halogens is 3. The van der Waals surface area contributed by atoms with Gasteiger partial charge < -0.3 is 19.4 Å². The largest absolute Gasteiger partial charge is 0.356 e. The number of aryl methyl sites for hydroxylation is 2. The van der Waals surface area contributed by atoms with Gasteiger partial charge in [-0.3, -0.25) is 9.59 Å². The lowest BCUT2D eigenvalue weighted by Crippen LogP contribution is -2.25. The molecule has 1 aliphatic heterocycles. The number of rotatable bonds is 10. The first-order valence-corrected chi connectivity index (χ1v) is 17.2. The number of aromatic nitrogens is 3. The van der Waals surface area contributed by atoms with Gasteiger partial charge in [-0.1, -0.05) is 13.8 Å². The minimum atomic E-state index is -3.32. The summed E-state index contributed by atoms with van der Waals surface area (Å²) in [5.74, 6) is -0.603. The zero-order valence-electron chi connectivity index (χ0n) is 26.0. The Balaban J connectivity index is 0.000000328. The molecule has 4 aromatic rings. The average molecular weight is 662 g/mol. The first kappa shape index (κ1) is 34.1. The standard InChI is InChI=1S/C23H20F2N4O3S.C9H18ClNO/c1-12-4-19-16(5-13(12)11-33(3,31)32)17-10-28(2)23(30)21-20(17)14(7-26-21)9-29(19)22-18(25)6-15(24)8-27-22;1-9(2)4-3-6-11(8-12)7-5-10/h4-8,10,26H,9,11H2,1-3H3;8-9H,3-7H2,1-2H3. The second-order valence-electron chi connectivity index (χ2n) is 11.8. The van der Waals surface area contributed by atoms with Crippen LogP contribution in [-0.2, 0) is 34.0 Å². The predicted octanol–water partition coefficient (Wildman–Crippen LogP) is 5.83. The van der Waals surface area contributed by atoms with Gasteiger partial charge in [0.2, 0.25) is 6.41 Å². The van der Waals surface area contributed by atoms with E-state index in [1.54, 1.807) is 48.3 Å². The molecule has 1 aromatic carbocycles. The number of aromatic amines is 1. The fourth-order valence-electron chi connectivity index (χ4n) is 5.46. The molecule has 242 valence electrons. The number of amides is 1.